The van der Waals surface area contributed by atoms with Gasteiger partial charge in [-0.1, -0.05) is 103 Å². The zero-order valence-corrected chi connectivity index (χ0v) is 28.1. The highest BCUT2D eigenvalue weighted by Gasteiger charge is 2.44. The molecule has 0 radical (unpaired) electrons. The number of ether oxygens (including phenoxy) is 4. The maximum Gasteiger partial charge on any atom is 0.306 e. The Kier molecular flexibility index (Phi) is 25.4. The van der Waals surface area contributed by atoms with Crippen LogP contribution in [0, 0.1) is 0 Å². The first kappa shape index (κ1) is 41.5. The lowest BCUT2D eigenvalue weighted by molar-refractivity contribution is -0.305. The van der Waals surface area contributed by atoms with E-state index in [0.29, 0.717) is 6.42 Å². The van der Waals surface area contributed by atoms with Crippen molar-refractivity contribution in [3.8, 4) is 0 Å². The summed E-state index contributed by atoms with van der Waals surface area (Å²) in [5, 5.41) is 39.7. The zero-order chi connectivity index (χ0) is 33.1. The summed E-state index contributed by atoms with van der Waals surface area (Å²) in [5.41, 5.74) is 0. The van der Waals surface area contributed by atoms with Gasteiger partial charge in [0.1, 0.15) is 31.0 Å². The highest BCUT2D eigenvalue weighted by molar-refractivity contribution is 5.70. The van der Waals surface area contributed by atoms with E-state index in [1.807, 2.05) is 0 Å². The molecule has 10 nitrogen and oxygen atoms in total. The van der Waals surface area contributed by atoms with Crippen LogP contribution < -0.4 is 0 Å². The minimum Gasteiger partial charge on any atom is -0.462 e. The molecule has 1 heterocycles. The Morgan fingerprint density at radius 1 is 0.667 bits per heavy atom. The molecule has 264 valence electrons. The summed E-state index contributed by atoms with van der Waals surface area (Å²) < 4.78 is 21.9. The summed E-state index contributed by atoms with van der Waals surface area (Å²) >= 11 is 0. The Hall–Kier alpha value is -1.56. The summed E-state index contributed by atoms with van der Waals surface area (Å²) in [4.78, 5) is 24.9. The lowest BCUT2D eigenvalue weighted by Crippen LogP contribution is -2.59. The van der Waals surface area contributed by atoms with E-state index in [1.165, 1.54) is 44.9 Å². The highest BCUT2D eigenvalue weighted by atomic mass is 16.7. The molecule has 0 saturated carbocycles. The van der Waals surface area contributed by atoms with Crippen LogP contribution in [-0.4, -0.2) is 89.0 Å². The lowest BCUT2D eigenvalue weighted by atomic mass is 9.99. The predicted octanol–water partition coefficient (Wildman–Crippen LogP) is 5.66. The van der Waals surface area contributed by atoms with Crippen LogP contribution in [0.25, 0.3) is 0 Å². The number of aliphatic hydroxyl groups excluding tert-OH is 4. The maximum absolute atomic E-state index is 12.6. The zero-order valence-electron chi connectivity index (χ0n) is 28.1. The van der Waals surface area contributed by atoms with Crippen LogP contribution in [0.5, 0.6) is 0 Å². The fourth-order valence-corrected chi connectivity index (χ4v) is 5.24. The van der Waals surface area contributed by atoms with Crippen molar-refractivity contribution in [3.63, 3.8) is 0 Å². The van der Waals surface area contributed by atoms with Gasteiger partial charge in [-0.3, -0.25) is 9.59 Å². The molecular formula is C35H64O10. The van der Waals surface area contributed by atoms with Crippen molar-refractivity contribution >= 4 is 11.9 Å². The van der Waals surface area contributed by atoms with Crippen LogP contribution in [0.4, 0.5) is 0 Å². The van der Waals surface area contributed by atoms with Crippen molar-refractivity contribution in [2.24, 2.45) is 0 Å². The Labute approximate surface area is 271 Å². The third-order valence-corrected chi connectivity index (χ3v) is 8.15. The molecule has 1 rings (SSSR count). The van der Waals surface area contributed by atoms with Crippen LogP contribution in [0.1, 0.15) is 142 Å². The van der Waals surface area contributed by atoms with Gasteiger partial charge in [0.2, 0.25) is 0 Å². The van der Waals surface area contributed by atoms with E-state index in [4.69, 9.17) is 18.9 Å². The van der Waals surface area contributed by atoms with Gasteiger partial charge in [0.05, 0.1) is 13.2 Å². The second-order valence-corrected chi connectivity index (χ2v) is 12.3. The van der Waals surface area contributed by atoms with E-state index in [9.17, 15) is 30.0 Å². The number of hydrogen-bond acceptors (Lipinski definition) is 10. The molecule has 4 N–H and O–H groups in total. The Bertz CT molecular complexity index is 759. The molecule has 0 aliphatic carbocycles. The number of carbonyl (C=O) groups excluding carboxylic acids is 2. The molecule has 6 atom stereocenters. The van der Waals surface area contributed by atoms with E-state index in [1.54, 1.807) is 0 Å². The van der Waals surface area contributed by atoms with E-state index in [0.717, 1.165) is 64.2 Å². The molecule has 10 heteroatoms. The van der Waals surface area contributed by atoms with Gasteiger partial charge < -0.3 is 39.4 Å². The molecule has 45 heavy (non-hydrogen) atoms. The second-order valence-electron chi connectivity index (χ2n) is 12.3. The number of allylic oxidation sites excluding steroid dienone is 2. The average Bonchev–Trinajstić information content (AvgIpc) is 3.03. The molecule has 1 unspecified atom stereocenters. The SMILES string of the molecule is CCCCCCCC/C=C/CCCCCCCC(=O)OC(COC(=O)CCCCCCC)CO[C@@H]1O[C@H](CO)[C@@H](O)[C@H](O)[C@H]1O. The van der Waals surface area contributed by atoms with Gasteiger partial charge in [-0.2, -0.15) is 0 Å². The van der Waals surface area contributed by atoms with Gasteiger partial charge in [0.15, 0.2) is 12.4 Å². The molecular weight excluding hydrogens is 580 g/mol. The van der Waals surface area contributed by atoms with Crippen molar-refractivity contribution in [2.45, 2.75) is 179 Å². The number of carbonyl (C=O) groups is 2. The van der Waals surface area contributed by atoms with E-state index in [-0.39, 0.29) is 26.1 Å². The molecule has 0 aromatic heterocycles. The van der Waals surface area contributed by atoms with Crippen molar-refractivity contribution in [3.05, 3.63) is 12.2 Å². The van der Waals surface area contributed by atoms with Gasteiger partial charge in [-0.05, 0) is 38.5 Å². The van der Waals surface area contributed by atoms with Crippen molar-refractivity contribution in [1.29, 1.82) is 0 Å². The topological polar surface area (TPSA) is 152 Å². The number of esters is 2. The highest BCUT2D eigenvalue weighted by Crippen LogP contribution is 2.22. The van der Waals surface area contributed by atoms with E-state index < -0.39 is 55.4 Å². The first-order valence-electron chi connectivity index (χ1n) is 17.8. The van der Waals surface area contributed by atoms with E-state index in [2.05, 4.69) is 26.0 Å². The monoisotopic (exact) mass is 644 g/mol. The molecule has 1 aliphatic heterocycles. The predicted molar refractivity (Wildman–Crippen MR) is 173 cm³/mol. The van der Waals surface area contributed by atoms with Gasteiger partial charge >= 0.3 is 11.9 Å². The summed E-state index contributed by atoms with van der Waals surface area (Å²) in [6, 6.07) is 0. The quantitative estimate of drug-likeness (QED) is 0.0477. The molecule has 0 spiro atoms. The number of aliphatic hydroxyl groups is 4. The molecule has 1 saturated heterocycles. The maximum atomic E-state index is 12.6. The fraction of sp³-hybridized carbons (Fsp3) is 0.886. The molecule has 0 aromatic rings. The first-order valence-corrected chi connectivity index (χ1v) is 17.8. The van der Waals surface area contributed by atoms with Crippen molar-refractivity contribution in [2.75, 3.05) is 19.8 Å². The minimum atomic E-state index is -1.59. The Balaban J connectivity index is 2.38. The van der Waals surface area contributed by atoms with Crippen LogP contribution >= 0.6 is 0 Å². The van der Waals surface area contributed by atoms with Crippen molar-refractivity contribution < 1.29 is 49.0 Å². The molecule has 0 bridgehead atoms. The summed E-state index contributed by atoms with van der Waals surface area (Å²) in [5.74, 6) is -0.830. The lowest BCUT2D eigenvalue weighted by Gasteiger charge is -2.39. The van der Waals surface area contributed by atoms with E-state index >= 15 is 0 Å². The number of unbranched alkanes of at least 4 members (excludes halogenated alkanes) is 15. The van der Waals surface area contributed by atoms with Crippen LogP contribution in [0.15, 0.2) is 12.2 Å². The normalized spacial score (nSPS) is 22.5. The summed E-state index contributed by atoms with van der Waals surface area (Å²) in [7, 11) is 0. The summed E-state index contributed by atoms with van der Waals surface area (Å²) in [6.07, 6.45) is 17.0. The number of hydrogen-bond donors (Lipinski definition) is 4. The van der Waals surface area contributed by atoms with Gasteiger partial charge in [-0.25, -0.2) is 0 Å². The molecule has 0 amide bonds. The number of rotatable bonds is 28. The van der Waals surface area contributed by atoms with Gasteiger partial charge in [-0.15, -0.1) is 0 Å². The smallest absolute Gasteiger partial charge is 0.306 e. The van der Waals surface area contributed by atoms with Gasteiger partial charge in [0, 0.05) is 12.8 Å². The Morgan fingerprint density at radius 2 is 1.18 bits per heavy atom. The standard InChI is InChI=1S/C35H64O10/c1-3-5-7-9-10-11-12-13-14-15-16-17-18-20-22-24-31(38)44-28(26-42-30(37)23-21-19-8-6-4-2)27-43-35-34(41)33(40)32(39)29(25-36)45-35/h13-14,28-29,32-36,39-41H,3-12,15-27H2,1-2H3/b14-13+/t28?,29-,32-,33+,34-,35-/m1/s1. The molecule has 1 fully saturated rings. The average molecular weight is 645 g/mol. The van der Waals surface area contributed by atoms with Crippen molar-refractivity contribution in [1.82, 2.24) is 0 Å². The fourth-order valence-electron chi connectivity index (χ4n) is 5.24. The third-order valence-electron chi connectivity index (χ3n) is 8.15. The largest absolute Gasteiger partial charge is 0.462 e. The van der Waals surface area contributed by atoms with Gasteiger partial charge in [0.25, 0.3) is 0 Å². The molecule has 1 aliphatic rings. The minimum absolute atomic E-state index is 0.219. The van der Waals surface area contributed by atoms with Crippen LogP contribution in [-0.2, 0) is 28.5 Å². The second kappa shape index (κ2) is 27.5. The van der Waals surface area contributed by atoms with Crippen LogP contribution in [0.3, 0.4) is 0 Å². The Morgan fingerprint density at radius 3 is 1.73 bits per heavy atom. The third kappa shape index (κ3) is 20.3. The first-order chi connectivity index (χ1) is 21.8. The molecule has 0 aromatic carbocycles. The summed E-state index contributed by atoms with van der Waals surface area (Å²) in [6.45, 7) is 3.28. The van der Waals surface area contributed by atoms with Crippen LogP contribution in [0.2, 0.25) is 0 Å².